The Kier molecular flexibility index (Phi) is 5.93. The second-order valence-corrected chi connectivity index (χ2v) is 9.56. The van der Waals surface area contributed by atoms with Crippen molar-refractivity contribution >= 4 is 23.3 Å². The number of fused-ring (bicyclic) bond motifs is 3. The van der Waals surface area contributed by atoms with E-state index in [2.05, 4.69) is 37.3 Å². The molecule has 1 spiro atoms. The third-order valence-corrected chi connectivity index (χ3v) is 7.64. The van der Waals surface area contributed by atoms with Gasteiger partial charge in [0.1, 0.15) is 5.82 Å². The molecule has 174 valence electrons. The maximum absolute atomic E-state index is 13.0. The van der Waals surface area contributed by atoms with E-state index >= 15 is 0 Å². The van der Waals surface area contributed by atoms with Crippen LogP contribution in [0.25, 0.3) is 10.9 Å². The monoisotopic (exact) mass is 449 g/mol. The molecule has 1 amide bonds. The van der Waals surface area contributed by atoms with Gasteiger partial charge in [-0.1, -0.05) is 0 Å². The van der Waals surface area contributed by atoms with E-state index in [9.17, 15) is 4.79 Å². The van der Waals surface area contributed by atoms with Crippen molar-refractivity contribution in [2.75, 3.05) is 13.1 Å². The smallest absolute Gasteiger partial charge is 0.290 e. The van der Waals surface area contributed by atoms with Gasteiger partial charge < -0.3 is 20.4 Å². The van der Waals surface area contributed by atoms with Crippen LogP contribution in [-0.4, -0.2) is 56.5 Å². The van der Waals surface area contributed by atoms with Gasteiger partial charge in [-0.2, -0.15) is 0 Å². The summed E-state index contributed by atoms with van der Waals surface area (Å²) in [6.07, 6.45) is 11.9. The standard InChI is InChI=1S/C24H29N5O.CH2O2/c30-23(16-5-6-20-18(13-16)17-3-1-2-4-19(17)27-20)28-21-14-24(21)7-11-29(12-8-24)15-22-25-9-10-26-22;2-1-3/h5-6,9-10,13,21,27H,1-4,7-8,11-12,14-15H2,(H,25,26)(H,28,30);1H,(H,2,3). The van der Waals surface area contributed by atoms with E-state index < -0.39 is 0 Å². The third-order valence-electron chi connectivity index (χ3n) is 7.64. The van der Waals surface area contributed by atoms with Gasteiger partial charge in [-0.25, -0.2) is 4.98 Å². The van der Waals surface area contributed by atoms with E-state index in [0.29, 0.717) is 11.5 Å². The number of likely N-dealkylation sites (tertiary alicyclic amines) is 1. The second kappa shape index (κ2) is 9.02. The molecule has 1 aromatic carbocycles. The van der Waals surface area contributed by atoms with Crippen LogP contribution in [-0.2, 0) is 24.2 Å². The molecule has 1 aliphatic heterocycles. The largest absolute Gasteiger partial charge is 0.483 e. The number of nitrogens with zero attached hydrogens (tertiary/aromatic N) is 2. The first-order valence-electron chi connectivity index (χ1n) is 11.8. The number of hydrogen-bond acceptors (Lipinski definition) is 4. The Morgan fingerprint density at radius 2 is 2.06 bits per heavy atom. The maximum Gasteiger partial charge on any atom is 0.290 e. The molecule has 33 heavy (non-hydrogen) atoms. The lowest BCUT2D eigenvalue weighted by Gasteiger charge is -2.32. The first-order valence-corrected chi connectivity index (χ1v) is 11.8. The van der Waals surface area contributed by atoms with Crippen LogP contribution in [0, 0.1) is 5.41 Å². The number of rotatable bonds is 4. The lowest BCUT2D eigenvalue weighted by molar-refractivity contribution is -0.122. The number of piperidine rings is 1. The number of benzene rings is 1. The predicted molar refractivity (Wildman–Crippen MR) is 125 cm³/mol. The molecule has 0 radical (unpaired) electrons. The average molecular weight is 450 g/mol. The molecule has 2 aliphatic carbocycles. The minimum atomic E-state index is -0.250. The van der Waals surface area contributed by atoms with Crippen LogP contribution < -0.4 is 5.32 Å². The lowest BCUT2D eigenvalue weighted by atomic mass is 9.92. The van der Waals surface area contributed by atoms with E-state index in [1.807, 2.05) is 18.5 Å². The first-order chi connectivity index (χ1) is 16.1. The number of carbonyl (C=O) groups excluding carboxylic acids is 1. The number of aromatic nitrogens is 3. The van der Waals surface area contributed by atoms with Crippen molar-refractivity contribution in [3.8, 4) is 0 Å². The maximum atomic E-state index is 13.0. The highest BCUT2D eigenvalue weighted by atomic mass is 16.3. The first kappa shape index (κ1) is 21.7. The molecule has 3 aromatic rings. The Bertz CT molecular complexity index is 1130. The molecular weight excluding hydrogens is 418 g/mol. The molecule has 2 fully saturated rings. The summed E-state index contributed by atoms with van der Waals surface area (Å²) in [5, 5.41) is 11.5. The van der Waals surface area contributed by atoms with Gasteiger partial charge in [-0.05, 0) is 87.2 Å². The third kappa shape index (κ3) is 4.39. The Labute approximate surface area is 192 Å². The fourth-order valence-corrected chi connectivity index (χ4v) is 5.65. The van der Waals surface area contributed by atoms with Gasteiger partial charge in [0.2, 0.25) is 0 Å². The topological polar surface area (TPSA) is 114 Å². The summed E-state index contributed by atoms with van der Waals surface area (Å²) in [6, 6.07) is 6.48. The van der Waals surface area contributed by atoms with Crippen molar-refractivity contribution in [2.45, 2.75) is 57.5 Å². The van der Waals surface area contributed by atoms with Crippen LogP contribution in [0.2, 0.25) is 0 Å². The van der Waals surface area contributed by atoms with E-state index in [4.69, 9.17) is 9.90 Å². The minimum absolute atomic E-state index is 0.0857. The van der Waals surface area contributed by atoms with Gasteiger partial charge >= 0.3 is 0 Å². The van der Waals surface area contributed by atoms with Crippen LogP contribution in [0.3, 0.4) is 0 Å². The quantitative estimate of drug-likeness (QED) is 0.457. The van der Waals surface area contributed by atoms with Crippen LogP contribution in [0.4, 0.5) is 0 Å². The van der Waals surface area contributed by atoms with Gasteiger partial charge in [-0.3, -0.25) is 14.5 Å². The fourth-order valence-electron chi connectivity index (χ4n) is 5.65. The van der Waals surface area contributed by atoms with Crippen molar-refractivity contribution in [1.82, 2.24) is 25.2 Å². The zero-order valence-corrected chi connectivity index (χ0v) is 18.8. The zero-order chi connectivity index (χ0) is 22.8. The summed E-state index contributed by atoms with van der Waals surface area (Å²) < 4.78 is 0. The van der Waals surface area contributed by atoms with Crippen molar-refractivity contribution in [1.29, 1.82) is 0 Å². The van der Waals surface area contributed by atoms with E-state index in [1.54, 1.807) is 0 Å². The van der Waals surface area contributed by atoms with E-state index in [-0.39, 0.29) is 12.4 Å². The summed E-state index contributed by atoms with van der Waals surface area (Å²) in [5.41, 5.74) is 5.08. The predicted octanol–water partition coefficient (Wildman–Crippen LogP) is 3.26. The minimum Gasteiger partial charge on any atom is -0.483 e. The van der Waals surface area contributed by atoms with Gasteiger partial charge in [0, 0.05) is 40.6 Å². The number of aromatic amines is 2. The summed E-state index contributed by atoms with van der Waals surface area (Å²) in [6.45, 7) is 2.80. The molecule has 8 nitrogen and oxygen atoms in total. The second-order valence-electron chi connectivity index (χ2n) is 9.56. The van der Waals surface area contributed by atoms with Crippen molar-refractivity contribution < 1.29 is 14.7 Å². The summed E-state index contributed by atoms with van der Waals surface area (Å²) in [5.74, 6) is 1.12. The van der Waals surface area contributed by atoms with E-state index in [0.717, 1.165) is 63.1 Å². The highest BCUT2D eigenvalue weighted by Crippen LogP contribution is 2.54. The van der Waals surface area contributed by atoms with Gasteiger partial charge in [0.05, 0.1) is 6.54 Å². The Morgan fingerprint density at radius 3 is 2.82 bits per heavy atom. The number of nitrogens with one attached hydrogen (secondary N) is 3. The molecule has 1 saturated carbocycles. The highest BCUT2D eigenvalue weighted by Gasteiger charge is 2.55. The molecule has 3 heterocycles. The number of amides is 1. The molecule has 8 heteroatoms. The molecule has 1 saturated heterocycles. The number of carboxylic acid groups (broad SMARTS) is 1. The number of carbonyl (C=O) groups is 2. The lowest BCUT2D eigenvalue weighted by Crippen LogP contribution is -2.38. The molecule has 3 aliphatic rings. The van der Waals surface area contributed by atoms with Crippen LogP contribution >= 0.6 is 0 Å². The van der Waals surface area contributed by atoms with E-state index in [1.165, 1.54) is 35.0 Å². The zero-order valence-electron chi connectivity index (χ0n) is 18.8. The van der Waals surface area contributed by atoms with Crippen molar-refractivity contribution in [3.63, 3.8) is 0 Å². The molecule has 6 rings (SSSR count). The van der Waals surface area contributed by atoms with Crippen molar-refractivity contribution in [2.24, 2.45) is 5.41 Å². The fraction of sp³-hybridized carbons (Fsp3) is 0.480. The SMILES string of the molecule is O=C(NC1CC12CCN(Cc1ncc[nH]1)CC2)c1ccc2[nH]c3c(c2c1)CCCC3.O=CO. The number of imidazole rings is 1. The van der Waals surface area contributed by atoms with Gasteiger partial charge in [0.15, 0.2) is 0 Å². The van der Waals surface area contributed by atoms with Crippen molar-refractivity contribution in [3.05, 3.63) is 53.2 Å². The average Bonchev–Trinajstić information content (AvgIpc) is 3.17. The Hall–Kier alpha value is -3.13. The molecule has 0 bridgehead atoms. The van der Waals surface area contributed by atoms with Crippen LogP contribution in [0.1, 0.15) is 59.5 Å². The van der Waals surface area contributed by atoms with Crippen LogP contribution in [0.15, 0.2) is 30.6 Å². The molecular formula is C25H31N5O3. The molecule has 2 aromatic heterocycles. The summed E-state index contributed by atoms with van der Waals surface area (Å²) in [4.78, 5) is 34.9. The number of H-pyrrole nitrogens is 2. The number of aryl methyl sites for hydroxylation is 2. The normalized spacial score (nSPS) is 21.2. The number of hydrogen-bond donors (Lipinski definition) is 4. The highest BCUT2D eigenvalue weighted by molar-refractivity contribution is 5.99. The Morgan fingerprint density at radius 1 is 1.27 bits per heavy atom. The van der Waals surface area contributed by atoms with Crippen LogP contribution in [0.5, 0.6) is 0 Å². The van der Waals surface area contributed by atoms with Gasteiger partial charge in [-0.15, -0.1) is 0 Å². The molecule has 1 unspecified atom stereocenters. The molecule has 4 N–H and O–H groups in total. The summed E-state index contributed by atoms with van der Waals surface area (Å²) in [7, 11) is 0. The molecule has 1 atom stereocenters. The van der Waals surface area contributed by atoms with Gasteiger partial charge in [0.25, 0.3) is 12.4 Å². The summed E-state index contributed by atoms with van der Waals surface area (Å²) >= 11 is 0. The Balaban J connectivity index is 0.000000724.